The molecule has 2 atom stereocenters. The first-order chi connectivity index (χ1) is 12.4. The zero-order chi connectivity index (χ0) is 20.4. The topological polar surface area (TPSA) is 81.9 Å². The lowest BCUT2D eigenvalue weighted by Gasteiger charge is -2.17. The molecular formula is C16H17ClF3N3O3S. The van der Waals surface area contributed by atoms with Gasteiger partial charge in [-0.25, -0.2) is 13.1 Å². The van der Waals surface area contributed by atoms with Crippen LogP contribution in [0.1, 0.15) is 31.7 Å². The molecule has 0 aliphatic carbocycles. The summed E-state index contributed by atoms with van der Waals surface area (Å²) in [7, 11) is -4.25. The molecule has 0 saturated heterocycles. The van der Waals surface area contributed by atoms with Gasteiger partial charge in [-0.15, -0.1) is 0 Å². The molecule has 0 aliphatic heterocycles. The highest BCUT2D eigenvalue weighted by atomic mass is 35.5. The number of hydrogen-bond donors (Lipinski definition) is 0. The van der Waals surface area contributed by atoms with Crippen LogP contribution in [0.25, 0.3) is 5.69 Å². The van der Waals surface area contributed by atoms with Gasteiger partial charge in [0.05, 0.1) is 24.1 Å². The molecule has 11 heteroatoms. The van der Waals surface area contributed by atoms with Crippen molar-refractivity contribution in [3.05, 3.63) is 41.4 Å². The number of ketones is 1. The molecule has 0 saturated carbocycles. The van der Waals surface area contributed by atoms with Crippen molar-refractivity contribution in [3.8, 4) is 5.69 Å². The predicted molar refractivity (Wildman–Crippen MR) is 93.7 cm³/mol. The van der Waals surface area contributed by atoms with E-state index in [-0.39, 0.29) is 10.7 Å². The second kappa shape index (κ2) is 7.97. The Morgan fingerprint density at radius 2 is 2.00 bits per heavy atom. The summed E-state index contributed by atoms with van der Waals surface area (Å²) in [6.07, 6.45) is -1.56. The van der Waals surface area contributed by atoms with Crippen LogP contribution in [-0.4, -0.2) is 46.1 Å². The van der Waals surface area contributed by atoms with Crippen molar-refractivity contribution in [3.63, 3.8) is 0 Å². The number of aromatic nitrogens is 3. The summed E-state index contributed by atoms with van der Waals surface area (Å²) in [5.74, 6) is -2.85. The Hall–Kier alpha value is -1.94. The minimum Gasteiger partial charge on any atom is -0.298 e. The van der Waals surface area contributed by atoms with Gasteiger partial charge in [-0.3, -0.25) is 9.78 Å². The highest BCUT2D eigenvalue weighted by Gasteiger charge is 2.37. The van der Waals surface area contributed by atoms with Crippen LogP contribution in [0, 0.1) is 0 Å². The van der Waals surface area contributed by atoms with E-state index in [2.05, 4.69) is 10.1 Å². The van der Waals surface area contributed by atoms with Gasteiger partial charge >= 0.3 is 6.18 Å². The third-order valence-corrected chi connectivity index (χ3v) is 6.48. The Kier molecular flexibility index (Phi) is 6.31. The number of sulfone groups is 1. The average molecular weight is 424 g/mol. The third kappa shape index (κ3) is 5.29. The van der Waals surface area contributed by atoms with E-state index in [1.54, 1.807) is 18.3 Å². The van der Waals surface area contributed by atoms with Gasteiger partial charge < -0.3 is 0 Å². The summed E-state index contributed by atoms with van der Waals surface area (Å²) < 4.78 is 62.5. The first-order valence-electron chi connectivity index (χ1n) is 7.90. The molecular weight excluding hydrogens is 407 g/mol. The van der Waals surface area contributed by atoms with Crippen LogP contribution in [0.4, 0.5) is 13.2 Å². The summed E-state index contributed by atoms with van der Waals surface area (Å²) in [6.45, 7) is 2.53. The molecule has 2 unspecified atom stereocenters. The van der Waals surface area contributed by atoms with Crippen molar-refractivity contribution >= 4 is 27.2 Å². The van der Waals surface area contributed by atoms with Crippen molar-refractivity contribution < 1.29 is 26.4 Å². The van der Waals surface area contributed by atoms with Gasteiger partial charge in [0.15, 0.2) is 20.8 Å². The molecule has 2 rings (SSSR count). The van der Waals surface area contributed by atoms with E-state index >= 15 is 0 Å². The summed E-state index contributed by atoms with van der Waals surface area (Å²) in [5.41, 5.74) is 0.861. The number of carbonyl (C=O) groups excluding carboxylic acids is 1. The van der Waals surface area contributed by atoms with Crippen molar-refractivity contribution in [1.29, 1.82) is 0 Å². The summed E-state index contributed by atoms with van der Waals surface area (Å²) in [5, 5.41) is 2.48. The lowest BCUT2D eigenvalue weighted by molar-refractivity contribution is -0.130. The number of rotatable bonds is 7. The Morgan fingerprint density at radius 1 is 1.33 bits per heavy atom. The number of carbonyl (C=O) groups is 1. The molecule has 0 aromatic carbocycles. The normalized spacial score (nSPS) is 14.7. The maximum absolute atomic E-state index is 12.5. The minimum atomic E-state index is -4.62. The molecule has 6 nitrogen and oxygen atoms in total. The predicted octanol–water partition coefficient (Wildman–Crippen LogP) is 3.35. The fourth-order valence-corrected chi connectivity index (χ4v) is 4.12. The van der Waals surface area contributed by atoms with E-state index in [0.717, 1.165) is 6.92 Å². The Morgan fingerprint density at radius 3 is 2.56 bits per heavy atom. The largest absolute Gasteiger partial charge is 0.390 e. The molecule has 2 aromatic rings. The molecule has 2 heterocycles. The number of nitrogens with zero attached hydrogens (tertiary/aromatic N) is 3. The lowest BCUT2D eigenvalue weighted by atomic mass is 9.98. The monoisotopic (exact) mass is 423 g/mol. The number of hydrogen-bond acceptors (Lipinski definition) is 5. The number of Topliss-reactive ketones (excluding diaryl/α,β-unsaturated/α-hetero) is 1. The van der Waals surface area contributed by atoms with Gasteiger partial charge in [-0.1, -0.05) is 18.5 Å². The first kappa shape index (κ1) is 21.4. The molecule has 27 heavy (non-hydrogen) atoms. The van der Waals surface area contributed by atoms with E-state index in [9.17, 15) is 26.4 Å². The maximum Gasteiger partial charge on any atom is 0.390 e. The van der Waals surface area contributed by atoms with Crippen molar-refractivity contribution in [1.82, 2.24) is 14.8 Å². The van der Waals surface area contributed by atoms with Crippen LogP contribution in [-0.2, 0) is 14.6 Å². The molecule has 148 valence electrons. The standard InChI is InChI=1S/C16H17ClF3N3O3S/c1-10(14(24)11(2)27(25,26)7-5-16(18,19)20)13-9-23(22-15(13)17)12-4-3-6-21-8-12/h3-4,6,8-11H,5,7H2,1-2H3. The zero-order valence-electron chi connectivity index (χ0n) is 14.4. The van der Waals surface area contributed by atoms with Gasteiger partial charge in [0.1, 0.15) is 5.25 Å². The number of alkyl halides is 3. The molecule has 0 N–H and O–H groups in total. The molecule has 0 spiro atoms. The van der Waals surface area contributed by atoms with Crippen LogP contribution < -0.4 is 0 Å². The highest BCUT2D eigenvalue weighted by Crippen LogP contribution is 2.28. The summed E-state index contributed by atoms with van der Waals surface area (Å²) >= 11 is 6.07. The van der Waals surface area contributed by atoms with Crippen LogP contribution in [0.15, 0.2) is 30.7 Å². The Labute approximate surface area is 159 Å². The smallest absolute Gasteiger partial charge is 0.298 e. The van der Waals surface area contributed by atoms with Gasteiger partial charge in [-0.2, -0.15) is 18.3 Å². The Bertz CT molecular complexity index is 914. The van der Waals surface area contributed by atoms with Crippen molar-refractivity contribution in [2.24, 2.45) is 0 Å². The average Bonchev–Trinajstić information content (AvgIpc) is 3.00. The second-order valence-corrected chi connectivity index (χ2v) is 8.83. The molecule has 0 amide bonds. The molecule has 2 aromatic heterocycles. The molecule has 0 aliphatic rings. The van der Waals surface area contributed by atoms with Gasteiger partial charge in [-0.05, 0) is 19.1 Å². The number of halogens is 4. The lowest BCUT2D eigenvalue weighted by Crippen LogP contribution is -2.33. The van der Waals surface area contributed by atoms with Crippen molar-refractivity contribution in [2.75, 3.05) is 5.75 Å². The van der Waals surface area contributed by atoms with Gasteiger partial charge in [0.2, 0.25) is 0 Å². The van der Waals surface area contributed by atoms with E-state index in [4.69, 9.17) is 11.6 Å². The minimum absolute atomic E-state index is 0.000377. The third-order valence-electron chi connectivity index (χ3n) is 4.11. The highest BCUT2D eigenvalue weighted by molar-refractivity contribution is 7.92. The van der Waals surface area contributed by atoms with Crippen LogP contribution in [0.3, 0.4) is 0 Å². The summed E-state index contributed by atoms with van der Waals surface area (Å²) in [4.78, 5) is 16.5. The van der Waals surface area contributed by atoms with E-state index in [0.29, 0.717) is 5.69 Å². The quantitative estimate of drug-likeness (QED) is 0.682. The van der Waals surface area contributed by atoms with Crippen LogP contribution >= 0.6 is 11.6 Å². The zero-order valence-corrected chi connectivity index (χ0v) is 16.0. The van der Waals surface area contributed by atoms with E-state index in [1.165, 1.54) is 24.0 Å². The molecule has 0 radical (unpaired) electrons. The van der Waals surface area contributed by atoms with Crippen molar-refractivity contribution in [2.45, 2.75) is 37.6 Å². The van der Waals surface area contributed by atoms with E-state index in [1.807, 2.05) is 0 Å². The fourth-order valence-electron chi connectivity index (χ4n) is 2.40. The van der Waals surface area contributed by atoms with E-state index < -0.39 is 45.1 Å². The van der Waals surface area contributed by atoms with Crippen LogP contribution in [0.5, 0.6) is 0 Å². The number of pyridine rings is 1. The molecule has 0 bridgehead atoms. The van der Waals surface area contributed by atoms with Crippen LogP contribution in [0.2, 0.25) is 5.15 Å². The summed E-state index contributed by atoms with van der Waals surface area (Å²) in [6, 6.07) is 3.38. The van der Waals surface area contributed by atoms with Gasteiger partial charge in [0.25, 0.3) is 0 Å². The van der Waals surface area contributed by atoms with Gasteiger partial charge in [0, 0.05) is 23.9 Å². The Balaban J connectivity index is 2.21. The first-order valence-corrected chi connectivity index (χ1v) is 9.99. The SMILES string of the molecule is CC(C(=O)C(C)S(=O)(=O)CCC(F)(F)F)c1cn(-c2cccnc2)nc1Cl. The fraction of sp³-hybridized carbons (Fsp3) is 0.438. The second-order valence-electron chi connectivity index (χ2n) is 6.03. The maximum atomic E-state index is 12.5. The molecule has 0 fully saturated rings.